The van der Waals surface area contributed by atoms with Crippen molar-refractivity contribution in [2.24, 2.45) is 0 Å². The molecule has 0 aromatic heterocycles. The molecule has 0 bridgehead atoms. The Morgan fingerprint density at radius 1 is 0.708 bits per heavy atom. The van der Waals surface area contributed by atoms with Crippen LogP contribution in [0.3, 0.4) is 0 Å². The molecular formula is C22H24NaSi+. The Balaban J connectivity index is 0.00000169. The van der Waals surface area contributed by atoms with E-state index in [0.717, 1.165) is 0 Å². The molecule has 2 unspecified atom stereocenters. The summed E-state index contributed by atoms with van der Waals surface area (Å²) >= 11 is 0. The van der Waals surface area contributed by atoms with Crippen LogP contribution in [0.1, 0.15) is 47.2 Å². The summed E-state index contributed by atoms with van der Waals surface area (Å²) in [5.74, 6) is 0. The molecule has 0 saturated heterocycles. The predicted octanol–water partition coefficient (Wildman–Crippen LogP) is 3.18. The van der Waals surface area contributed by atoms with Crippen LogP contribution in [0, 0.1) is 0 Å². The molecule has 0 N–H and O–H groups in total. The van der Waals surface area contributed by atoms with E-state index in [9.17, 15) is 0 Å². The Labute approximate surface area is 169 Å². The van der Waals surface area contributed by atoms with Crippen molar-refractivity contribution in [3.8, 4) is 0 Å². The second kappa shape index (κ2) is 7.17. The van der Waals surface area contributed by atoms with Crippen LogP contribution in [-0.2, 0) is 0 Å². The van der Waals surface area contributed by atoms with Gasteiger partial charge >= 0.3 is 29.6 Å². The largest absolute Gasteiger partial charge is 1.00 e. The summed E-state index contributed by atoms with van der Waals surface area (Å²) in [4.78, 5) is 0. The number of fused-ring (bicyclic) bond motifs is 2. The standard InChI is InChI=1S/C22H24Si.Na/c1-3-23(4-2,21-15-13-17-9-5-7-11-19(17)21)22-16-14-18-10-6-8-12-20(18)22;/h5-16,21-22H,3-4H2,1-2H3;/q;+1. The third kappa shape index (κ3) is 2.63. The Hall–Kier alpha value is -0.863. The molecule has 0 spiro atoms. The third-order valence-corrected chi connectivity index (χ3v) is 12.3. The minimum Gasteiger partial charge on any atom is -0.0791 e. The first kappa shape index (κ1) is 17.9. The van der Waals surface area contributed by atoms with Gasteiger partial charge in [-0.1, -0.05) is 98.8 Å². The molecule has 2 aliphatic rings. The van der Waals surface area contributed by atoms with Crippen LogP contribution in [-0.4, -0.2) is 8.07 Å². The molecule has 0 nitrogen and oxygen atoms in total. The van der Waals surface area contributed by atoms with Crippen LogP contribution in [0.5, 0.6) is 0 Å². The molecule has 4 rings (SSSR count). The van der Waals surface area contributed by atoms with E-state index < -0.39 is 8.07 Å². The van der Waals surface area contributed by atoms with Gasteiger partial charge in [-0.05, 0) is 33.3 Å². The molecule has 0 heterocycles. The Kier molecular flexibility index (Phi) is 5.36. The molecule has 0 amide bonds. The van der Waals surface area contributed by atoms with E-state index >= 15 is 0 Å². The molecular weight excluding hydrogens is 315 g/mol. The van der Waals surface area contributed by atoms with Gasteiger partial charge in [0, 0.05) is 0 Å². The first-order valence-corrected chi connectivity index (χ1v) is 11.4. The van der Waals surface area contributed by atoms with Gasteiger partial charge in [-0.2, -0.15) is 0 Å². The van der Waals surface area contributed by atoms with Crippen molar-refractivity contribution in [2.75, 3.05) is 0 Å². The van der Waals surface area contributed by atoms with Gasteiger partial charge in [0.2, 0.25) is 0 Å². The van der Waals surface area contributed by atoms with Crippen LogP contribution in [0.4, 0.5) is 0 Å². The third-order valence-electron chi connectivity index (χ3n) is 6.15. The molecule has 2 heteroatoms. The number of benzene rings is 2. The second-order valence-electron chi connectivity index (χ2n) is 6.87. The maximum absolute atomic E-state index is 2.51. The smallest absolute Gasteiger partial charge is 0.0791 e. The van der Waals surface area contributed by atoms with E-state index in [1.165, 1.54) is 23.2 Å². The molecule has 2 aromatic carbocycles. The maximum atomic E-state index is 2.51. The Bertz CT molecular complexity index is 723. The second-order valence-corrected chi connectivity index (χ2v) is 12.0. The first-order chi connectivity index (χ1) is 11.3. The van der Waals surface area contributed by atoms with Crippen molar-refractivity contribution in [3.63, 3.8) is 0 Å². The molecule has 24 heavy (non-hydrogen) atoms. The molecule has 0 saturated carbocycles. The van der Waals surface area contributed by atoms with Crippen LogP contribution in [0.25, 0.3) is 12.2 Å². The van der Waals surface area contributed by atoms with Crippen molar-refractivity contribution in [1.82, 2.24) is 0 Å². The average Bonchev–Trinajstić information content (AvgIpc) is 3.23. The van der Waals surface area contributed by atoms with E-state index in [2.05, 4.69) is 86.7 Å². The quantitative estimate of drug-likeness (QED) is 0.751. The fraction of sp³-hybridized carbons (Fsp3) is 0.273. The minimum atomic E-state index is -1.55. The monoisotopic (exact) mass is 339 g/mol. The molecule has 0 radical (unpaired) electrons. The molecule has 0 aliphatic heterocycles. The van der Waals surface area contributed by atoms with Gasteiger partial charge in [0.05, 0.1) is 8.07 Å². The van der Waals surface area contributed by atoms with Gasteiger partial charge in [0.15, 0.2) is 0 Å². The topological polar surface area (TPSA) is 0 Å². The number of rotatable bonds is 4. The van der Waals surface area contributed by atoms with Gasteiger partial charge < -0.3 is 0 Å². The normalized spacial score (nSPS) is 20.6. The Morgan fingerprint density at radius 3 is 1.54 bits per heavy atom. The van der Waals surface area contributed by atoms with Crippen LogP contribution in [0.15, 0.2) is 60.7 Å². The van der Waals surface area contributed by atoms with Crippen LogP contribution in [0.2, 0.25) is 12.1 Å². The molecule has 116 valence electrons. The zero-order valence-corrected chi connectivity index (χ0v) is 18.0. The van der Waals surface area contributed by atoms with E-state index in [1.807, 2.05) is 0 Å². The van der Waals surface area contributed by atoms with E-state index in [1.54, 1.807) is 11.1 Å². The molecule has 0 fully saturated rings. The summed E-state index contributed by atoms with van der Waals surface area (Å²) in [5, 5.41) is 0. The number of hydrogen-bond acceptors (Lipinski definition) is 0. The fourth-order valence-electron chi connectivity index (χ4n) is 4.82. The predicted molar refractivity (Wildman–Crippen MR) is 103 cm³/mol. The molecule has 2 aromatic rings. The average molecular weight is 340 g/mol. The summed E-state index contributed by atoms with van der Waals surface area (Å²) in [6, 6.07) is 20.7. The van der Waals surface area contributed by atoms with Crippen molar-refractivity contribution < 1.29 is 29.6 Å². The van der Waals surface area contributed by atoms with Crippen molar-refractivity contribution in [3.05, 3.63) is 82.9 Å². The van der Waals surface area contributed by atoms with E-state index in [4.69, 9.17) is 0 Å². The molecule has 2 atom stereocenters. The summed E-state index contributed by atoms with van der Waals surface area (Å²) in [6.45, 7) is 4.86. The maximum Gasteiger partial charge on any atom is 1.00 e. The zero-order chi connectivity index (χ0) is 15.9. The SMILES string of the molecule is CC[Si](CC)(C1C=Cc2ccccc21)C1C=Cc2ccccc21.[Na+]. The molecule has 2 aliphatic carbocycles. The first-order valence-electron chi connectivity index (χ1n) is 8.84. The van der Waals surface area contributed by atoms with Crippen LogP contribution < -0.4 is 29.6 Å². The fourth-order valence-corrected chi connectivity index (χ4v) is 10.2. The van der Waals surface area contributed by atoms with Crippen LogP contribution >= 0.6 is 0 Å². The van der Waals surface area contributed by atoms with Gasteiger partial charge in [0.25, 0.3) is 0 Å². The van der Waals surface area contributed by atoms with Crippen molar-refractivity contribution in [2.45, 2.75) is 37.0 Å². The minimum absolute atomic E-state index is 0. The summed E-state index contributed by atoms with van der Waals surface area (Å²) < 4.78 is 0. The van der Waals surface area contributed by atoms with E-state index in [0.29, 0.717) is 11.1 Å². The Morgan fingerprint density at radius 2 is 1.12 bits per heavy atom. The van der Waals surface area contributed by atoms with Gasteiger partial charge in [-0.25, -0.2) is 0 Å². The van der Waals surface area contributed by atoms with Crippen molar-refractivity contribution in [1.29, 1.82) is 0 Å². The van der Waals surface area contributed by atoms with Gasteiger partial charge in [-0.3, -0.25) is 0 Å². The summed E-state index contributed by atoms with van der Waals surface area (Å²) in [7, 11) is -1.55. The van der Waals surface area contributed by atoms with Gasteiger partial charge in [0.1, 0.15) is 0 Å². The van der Waals surface area contributed by atoms with Crippen molar-refractivity contribution >= 4 is 20.2 Å². The van der Waals surface area contributed by atoms with E-state index in [-0.39, 0.29) is 29.6 Å². The number of hydrogen-bond donors (Lipinski definition) is 0. The summed E-state index contributed by atoms with van der Waals surface area (Å²) in [5.41, 5.74) is 7.31. The summed E-state index contributed by atoms with van der Waals surface area (Å²) in [6.07, 6.45) is 9.74. The number of allylic oxidation sites excluding steroid dienone is 2. The van der Waals surface area contributed by atoms with Gasteiger partial charge in [-0.15, -0.1) is 0 Å². The zero-order valence-electron chi connectivity index (χ0n) is 15.0.